The summed E-state index contributed by atoms with van der Waals surface area (Å²) in [7, 11) is 0. The van der Waals surface area contributed by atoms with Gasteiger partial charge in [-0.3, -0.25) is 4.90 Å². The molecule has 1 N–H and O–H groups in total. The summed E-state index contributed by atoms with van der Waals surface area (Å²) in [5.41, 5.74) is 1.68. The number of carbonyl (C=O) groups is 1. The summed E-state index contributed by atoms with van der Waals surface area (Å²) in [5, 5.41) is 5.18. The number of piperazine rings is 1. The lowest BCUT2D eigenvalue weighted by Crippen LogP contribution is -2.60. The highest BCUT2D eigenvalue weighted by molar-refractivity contribution is 7.07. The Morgan fingerprint density at radius 1 is 1.39 bits per heavy atom. The molecule has 1 unspecified atom stereocenters. The van der Waals surface area contributed by atoms with E-state index in [0.717, 1.165) is 45.6 Å². The molecule has 3 heterocycles. The molecule has 6 nitrogen and oxygen atoms in total. The van der Waals surface area contributed by atoms with Gasteiger partial charge in [0.25, 0.3) is 0 Å². The van der Waals surface area contributed by atoms with Gasteiger partial charge >= 0.3 is 6.09 Å². The lowest BCUT2D eigenvalue weighted by molar-refractivity contribution is 0.0269. The van der Waals surface area contributed by atoms with Crippen molar-refractivity contribution in [3.8, 4) is 5.88 Å². The summed E-state index contributed by atoms with van der Waals surface area (Å²) < 4.78 is 5.46. The van der Waals surface area contributed by atoms with Gasteiger partial charge in [0.1, 0.15) is 0 Å². The van der Waals surface area contributed by atoms with Crippen molar-refractivity contribution >= 4 is 17.4 Å². The van der Waals surface area contributed by atoms with Crippen LogP contribution in [0, 0.1) is 5.92 Å². The van der Waals surface area contributed by atoms with E-state index in [1.807, 2.05) is 4.90 Å². The number of carbonyl (C=O) groups excluding carboxylic acids is 1. The zero-order valence-corrected chi connectivity index (χ0v) is 14.7. The quantitative estimate of drug-likeness (QED) is 0.914. The highest BCUT2D eigenvalue weighted by atomic mass is 32.1. The van der Waals surface area contributed by atoms with Crippen LogP contribution in [0.15, 0.2) is 10.9 Å². The fourth-order valence-electron chi connectivity index (χ4n) is 3.56. The van der Waals surface area contributed by atoms with E-state index in [4.69, 9.17) is 4.74 Å². The molecule has 2 saturated heterocycles. The van der Waals surface area contributed by atoms with Gasteiger partial charge in [0.15, 0.2) is 0 Å². The molecule has 1 atom stereocenters. The summed E-state index contributed by atoms with van der Waals surface area (Å²) in [6.07, 6.45) is 2.00. The van der Waals surface area contributed by atoms with Crippen molar-refractivity contribution in [2.45, 2.75) is 38.8 Å². The van der Waals surface area contributed by atoms with E-state index in [0.29, 0.717) is 17.8 Å². The van der Waals surface area contributed by atoms with Crippen LogP contribution in [0.4, 0.5) is 4.79 Å². The maximum absolute atomic E-state index is 12.6. The number of thiazole rings is 1. The van der Waals surface area contributed by atoms with Gasteiger partial charge in [-0.15, -0.1) is 11.3 Å². The average molecular weight is 338 g/mol. The minimum atomic E-state index is -0.247. The second-order valence-electron chi connectivity index (χ2n) is 6.63. The van der Waals surface area contributed by atoms with Crippen LogP contribution < -0.4 is 10.1 Å². The lowest BCUT2D eigenvalue weighted by atomic mass is 9.87. The van der Waals surface area contributed by atoms with Crippen molar-refractivity contribution in [1.29, 1.82) is 0 Å². The van der Waals surface area contributed by atoms with Crippen molar-refractivity contribution in [3.05, 3.63) is 10.9 Å². The van der Waals surface area contributed by atoms with Gasteiger partial charge in [-0.25, -0.2) is 9.78 Å². The Bertz CT molecular complexity index is 502. The number of nitrogens with zero attached hydrogens (tertiary/aromatic N) is 3. The third-order valence-electron chi connectivity index (χ3n) is 4.94. The number of amides is 1. The maximum Gasteiger partial charge on any atom is 0.416 e. The first-order valence-corrected chi connectivity index (χ1v) is 9.41. The van der Waals surface area contributed by atoms with Crippen molar-refractivity contribution in [2.75, 3.05) is 32.7 Å². The molecular weight excluding hydrogens is 312 g/mol. The first kappa shape index (κ1) is 16.7. The molecule has 0 radical (unpaired) electrons. The Morgan fingerprint density at radius 2 is 2.17 bits per heavy atom. The molecule has 0 aliphatic carbocycles. The van der Waals surface area contributed by atoms with Crippen LogP contribution in [-0.2, 0) is 0 Å². The summed E-state index contributed by atoms with van der Waals surface area (Å²) in [6.45, 7) is 9.11. The third kappa shape index (κ3) is 4.02. The van der Waals surface area contributed by atoms with E-state index in [9.17, 15) is 4.79 Å². The number of rotatable bonds is 3. The highest BCUT2D eigenvalue weighted by Gasteiger charge is 2.37. The number of hydrogen-bond donors (Lipinski definition) is 1. The van der Waals surface area contributed by atoms with Gasteiger partial charge in [0, 0.05) is 25.7 Å². The standard InChI is InChI=1S/C16H26N4O2S/c1-12(2)19-7-8-20(16(21)22-15-10-23-11-18-15)14(9-19)13-3-5-17-6-4-13/h10-14,17H,3-9H2,1-2H3. The van der Waals surface area contributed by atoms with Gasteiger partial charge in [-0.05, 0) is 45.7 Å². The van der Waals surface area contributed by atoms with Crippen molar-refractivity contribution < 1.29 is 9.53 Å². The summed E-state index contributed by atoms with van der Waals surface area (Å²) in [4.78, 5) is 21.1. The molecule has 3 rings (SSSR count). The molecule has 0 aromatic carbocycles. The molecule has 0 saturated carbocycles. The van der Waals surface area contributed by atoms with Crippen molar-refractivity contribution in [1.82, 2.24) is 20.1 Å². The van der Waals surface area contributed by atoms with Crippen LogP contribution in [0.2, 0.25) is 0 Å². The molecule has 0 spiro atoms. The molecule has 2 aliphatic rings. The normalized spacial score (nSPS) is 24.1. The third-order valence-corrected chi connectivity index (χ3v) is 5.51. The highest BCUT2D eigenvalue weighted by Crippen LogP contribution is 2.26. The number of piperidine rings is 1. The van der Waals surface area contributed by atoms with Gasteiger partial charge in [0.05, 0.1) is 16.9 Å². The Balaban J connectivity index is 1.71. The number of ether oxygens (including phenoxy) is 1. The molecule has 128 valence electrons. The number of nitrogens with one attached hydrogen (secondary N) is 1. The van der Waals surface area contributed by atoms with E-state index in [1.165, 1.54) is 11.3 Å². The second kappa shape index (κ2) is 7.59. The second-order valence-corrected chi connectivity index (χ2v) is 7.35. The zero-order chi connectivity index (χ0) is 16.2. The van der Waals surface area contributed by atoms with Gasteiger partial charge in [-0.2, -0.15) is 0 Å². The van der Waals surface area contributed by atoms with Gasteiger partial charge in [0.2, 0.25) is 5.88 Å². The van der Waals surface area contributed by atoms with E-state index in [-0.39, 0.29) is 12.1 Å². The summed E-state index contributed by atoms with van der Waals surface area (Å²) >= 11 is 1.44. The van der Waals surface area contributed by atoms with Crippen LogP contribution in [-0.4, -0.2) is 65.7 Å². The maximum atomic E-state index is 12.6. The molecule has 7 heteroatoms. The summed E-state index contributed by atoms with van der Waals surface area (Å²) in [6, 6.07) is 0.746. The summed E-state index contributed by atoms with van der Waals surface area (Å²) in [5.74, 6) is 0.955. The zero-order valence-electron chi connectivity index (χ0n) is 13.9. The van der Waals surface area contributed by atoms with E-state index < -0.39 is 0 Å². The van der Waals surface area contributed by atoms with Gasteiger partial charge < -0.3 is 15.0 Å². The Labute approximate surface area is 141 Å². The van der Waals surface area contributed by atoms with Crippen LogP contribution in [0.1, 0.15) is 26.7 Å². The molecule has 1 amide bonds. The molecule has 2 fully saturated rings. The molecule has 1 aromatic rings. The first-order valence-electron chi connectivity index (χ1n) is 8.46. The van der Waals surface area contributed by atoms with Crippen LogP contribution in [0.5, 0.6) is 5.88 Å². The SMILES string of the molecule is CC(C)N1CCN(C(=O)Oc2cscn2)C(C2CCNCC2)C1. The lowest BCUT2D eigenvalue weighted by Gasteiger charge is -2.46. The molecule has 0 bridgehead atoms. The van der Waals surface area contributed by atoms with Crippen molar-refractivity contribution in [3.63, 3.8) is 0 Å². The van der Waals surface area contributed by atoms with Crippen LogP contribution in [0.25, 0.3) is 0 Å². The van der Waals surface area contributed by atoms with E-state index in [1.54, 1.807) is 10.9 Å². The number of aromatic nitrogens is 1. The predicted molar refractivity (Wildman–Crippen MR) is 90.9 cm³/mol. The smallest absolute Gasteiger partial charge is 0.390 e. The fourth-order valence-corrected chi connectivity index (χ4v) is 4.01. The topological polar surface area (TPSA) is 57.7 Å². The van der Waals surface area contributed by atoms with Crippen molar-refractivity contribution in [2.24, 2.45) is 5.92 Å². The molecule has 23 heavy (non-hydrogen) atoms. The molecule has 1 aromatic heterocycles. The monoisotopic (exact) mass is 338 g/mol. The molecular formula is C16H26N4O2S. The predicted octanol–water partition coefficient (Wildman–Crippen LogP) is 2.04. The minimum absolute atomic E-state index is 0.236. The van der Waals surface area contributed by atoms with E-state index >= 15 is 0 Å². The number of hydrogen-bond acceptors (Lipinski definition) is 6. The van der Waals surface area contributed by atoms with E-state index in [2.05, 4.69) is 29.0 Å². The van der Waals surface area contributed by atoms with Crippen LogP contribution >= 0.6 is 11.3 Å². The van der Waals surface area contributed by atoms with Crippen LogP contribution in [0.3, 0.4) is 0 Å². The minimum Gasteiger partial charge on any atom is -0.390 e. The Kier molecular flexibility index (Phi) is 5.50. The largest absolute Gasteiger partial charge is 0.416 e. The Hall–Kier alpha value is -1.18. The average Bonchev–Trinajstić information content (AvgIpc) is 3.08. The first-order chi connectivity index (χ1) is 11.1. The molecule has 2 aliphatic heterocycles. The van der Waals surface area contributed by atoms with Gasteiger partial charge in [-0.1, -0.05) is 0 Å². The fraction of sp³-hybridized carbons (Fsp3) is 0.750. The Morgan fingerprint density at radius 3 is 2.83 bits per heavy atom.